The molecule has 0 unspecified atom stereocenters. The molecule has 2 N–H and O–H groups in total. The number of amides is 1. The normalized spacial score (nSPS) is 13.5. The van der Waals surface area contributed by atoms with Crippen molar-refractivity contribution in [1.29, 1.82) is 0 Å². The van der Waals surface area contributed by atoms with Crippen LogP contribution in [0, 0.1) is 0 Å². The molecule has 0 spiro atoms. The molecule has 2 heterocycles. The number of aromatic nitrogens is 2. The fraction of sp³-hybridized carbons (Fsp3) is 0.250. The van der Waals surface area contributed by atoms with Gasteiger partial charge in [0.2, 0.25) is 5.95 Å². The van der Waals surface area contributed by atoms with Crippen LogP contribution in [-0.2, 0) is 12.6 Å². The van der Waals surface area contributed by atoms with Gasteiger partial charge < -0.3 is 15.4 Å². The van der Waals surface area contributed by atoms with E-state index >= 15 is 0 Å². The molecule has 1 amide bonds. The fourth-order valence-corrected chi connectivity index (χ4v) is 4.93. The van der Waals surface area contributed by atoms with Crippen LogP contribution in [0.15, 0.2) is 79.1 Å². The van der Waals surface area contributed by atoms with Crippen molar-refractivity contribution in [2.24, 2.45) is 0 Å². The zero-order valence-electron chi connectivity index (χ0n) is 23.5. The first-order valence-corrected chi connectivity index (χ1v) is 14.4. The molecule has 0 bridgehead atoms. The van der Waals surface area contributed by atoms with Gasteiger partial charge in [-0.05, 0) is 92.2 Å². The Morgan fingerprint density at radius 2 is 1.64 bits per heavy atom. The van der Waals surface area contributed by atoms with Crippen molar-refractivity contribution in [3.63, 3.8) is 0 Å². The first-order valence-electron chi connectivity index (χ1n) is 14.0. The van der Waals surface area contributed by atoms with Crippen LogP contribution in [0.3, 0.4) is 0 Å². The van der Waals surface area contributed by atoms with Gasteiger partial charge in [0, 0.05) is 47.9 Å². The maximum Gasteiger partial charge on any atom is 0.416 e. The van der Waals surface area contributed by atoms with Gasteiger partial charge in [0.05, 0.1) is 10.6 Å². The molecule has 0 radical (unpaired) electrons. The minimum absolute atomic E-state index is 0.0610. The summed E-state index contributed by atoms with van der Waals surface area (Å²) in [6.07, 6.45) is 0.906. The standard InChI is InChI=1S/C32H29ClF3N5O3/c33-28-11-8-25(39-30(43)22-4-3-5-23(17-22)32(34,35)36)18-27(28)29(42)16-21-19-37-31(38-20-21)40-24-6-9-26(10-7-24)44-15-14-41-12-1-2-13-41/h3-11,17-20H,1-2,12-16H2,(H,39,43)(H,37,38,40). The zero-order chi connectivity index (χ0) is 31.1. The van der Waals surface area contributed by atoms with E-state index in [9.17, 15) is 22.8 Å². The van der Waals surface area contributed by atoms with Gasteiger partial charge in [-0.3, -0.25) is 14.5 Å². The quantitative estimate of drug-likeness (QED) is 0.173. The van der Waals surface area contributed by atoms with Gasteiger partial charge in [0.1, 0.15) is 12.4 Å². The van der Waals surface area contributed by atoms with E-state index in [1.807, 2.05) is 24.3 Å². The average molecular weight is 624 g/mol. The number of benzene rings is 3. The second kappa shape index (κ2) is 13.9. The molecule has 4 aromatic rings. The molecular weight excluding hydrogens is 595 g/mol. The van der Waals surface area contributed by atoms with Crippen LogP contribution >= 0.6 is 11.6 Å². The van der Waals surface area contributed by atoms with E-state index < -0.39 is 17.6 Å². The van der Waals surface area contributed by atoms with Gasteiger partial charge in [-0.2, -0.15) is 13.2 Å². The first kappa shape index (κ1) is 31.0. The highest BCUT2D eigenvalue weighted by Gasteiger charge is 2.31. The van der Waals surface area contributed by atoms with Crippen LogP contribution in [-0.4, -0.2) is 52.8 Å². The second-order valence-corrected chi connectivity index (χ2v) is 10.7. The fourth-order valence-electron chi connectivity index (χ4n) is 4.71. The largest absolute Gasteiger partial charge is 0.492 e. The van der Waals surface area contributed by atoms with E-state index in [0.717, 1.165) is 49.3 Å². The Kier molecular flexibility index (Phi) is 9.76. The van der Waals surface area contributed by atoms with Crippen LogP contribution in [0.4, 0.5) is 30.5 Å². The van der Waals surface area contributed by atoms with Crippen molar-refractivity contribution >= 4 is 40.6 Å². The van der Waals surface area contributed by atoms with Crippen molar-refractivity contribution in [3.8, 4) is 5.75 Å². The lowest BCUT2D eigenvalue weighted by molar-refractivity contribution is -0.137. The molecule has 1 aliphatic rings. The van der Waals surface area contributed by atoms with Crippen molar-refractivity contribution in [2.45, 2.75) is 25.4 Å². The minimum atomic E-state index is -4.58. The first-order chi connectivity index (χ1) is 21.1. The summed E-state index contributed by atoms with van der Waals surface area (Å²) in [7, 11) is 0. The SMILES string of the molecule is O=C(Nc1ccc(Cl)c(C(=O)Cc2cnc(Nc3ccc(OCCN4CCCC4)cc3)nc2)c1)c1cccc(C(F)(F)F)c1. The molecule has 1 aromatic heterocycles. The Balaban J connectivity index is 1.15. The van der Waals surface area contributed by atoms with E-state index in [1.54, 1.807) is 0 Å². The summed E-state index contributed by atoms with van der Waals surface area (Å²) in [5.41, 5.74) is 0.544. The van der Waals surface area contributed by atoms with Gasteiger partial charge in [-0.15, -0.1) is 0 Å². The van der Waals surface area contributed by atoms with Crippen LogP contribution < -0.4 is 15.4 Å². The molecule has 44 heavy (non-hydrogen) atoms. The number of carbonyl (C=O) groups is 2. The number of nitrogens with one attached hydrogen (secondary N) is 2. The average Bonchev–Trinajstić information content (AvgIpc) is 3.53. The van der Waals surface area contributed by atoms with Crippen molar-refractivity contribution < 1.29 is 27.5 Å². The number of hydrogen-bond acceptors (Lipinski definition) is 7. The van der Waals surface area contributed by atoms with E-state index in [-0.39, 0.29) is 34.0 Å². The zero-order valence-corrected chi connectivity index (χ0v) is 24.3. The monoisotopic (exact) mass is 623 g/mol. The number of ketones is 1. The molecule has 8 nitrogen and oxygen atoms in total. The van der Waals surface area contributed by atoms with Crippen molar-refractivity contribution in [1.82, 2.24) is 14.9 Å². The Labute approximate surface area is 257 Å². The molecular formula is C32H29ClF3N5O3. The van der Waals surface area contributed by atoms with Crippen LogP contribution in [0.1, 0.15) is 44.7 Å². The van der Waals surface area contributed by atoms with Crippen LogP contribution in [0.2, 0.25) is 5.02 Å². The van der Waals surface area contributed by atoms with E-state index in [2.05, 4.69) is 25.5 Å². The number of rotatable bonds is 11. The molecule has 1 fully saturated rings. The maximum atomic E-state index is 13.0. The Bertz CT molecular complexity index is 1610. The molecule has 0 aliphatic carbocycles. The summed E-state index contributed by atoms with van der Waals surface area (Å²) >= 11 is 6.26. The van der Waals surface area contributed by atoms with Gasteiger partial charge in [-0.1, -0.05) is 17.7 Å². The summed E-state index contributed by atoms with van der Waals surface area (Å²) in [6.45, 7) is 3.82. The highest BCUT2D eigenvalue weighted by Crippen LogP contribution is 2.30. The third kappa shape index (κ3) is 8.33. The van der Waals surface area contributed by atoms with Gasteiger partial charge in [0.15, 0.2) is 5.78 Å². The predicted molar refractivity (Wildman–Crippen MR) is 162 cm³/mol. The van der Waals surface area contributed by atoms with E-state index in [4.69, 9.17) is 16.3 Å². The summed E-state index contributed by atoms with van der Waals surface area (Å²) in [6, 6.07) is 15.8. The Morgan fingerprint density at radius 1 is 0.932 bits per heavy atom. The number of carbonyl (C=O) groups excluding carboxylic acids is 2. The Morgan fingerprint density at radius 3 is 2.34 bits per heavy atom. The summed E-state index contributed by atoms with van der Waals surface area (Å²) in [5, 5.41) is 5.79. The number of anilines is 3. The highest BCUT2D eigenvalue weighted by molar-refractivity contribution is 6.34. The predicted octanol–water partition coefficient (Wildman–Crippen LogP) is 7.04. The van der Waals surface area contributed by atoms with Gasteiger partial charge in [0.25, 0.3) is 5.91 Å². The number of ether oxygens (including phenoxy) is 1. The maximum absolute atomic E-state index is 13.0. The third-order valence-electron chi connectivity index (χ3n) is 7.03. The Hall–Kier alpha value is -4.48. The lowest BCUT2D eigenvalue weighted by Crippen LogP contribution is -2.25. The summed E-state index contributed by atoms with van der Waals surface area (Å²) in [4.78, 5) is 36.6. The lowest BCUT2D eigenvalue weighted by atomic mass is 10.0. The molecule has 5 rings (SSSR count). The number of likely N-dealkylation sites (tertiary alicyclic amines) is 1. The number of Topliss-reactive ketones (excluding diaryl/α,β-unsaturated/α-hetero) is 1. The van der Waals surface area contributed by atoms with E-state index in [0.29, 0.717) is 18.1 Å². The number of halogens is 4. The second-order valence-electron chi connectivity index (χ2n) is 10.3. The lowest BCUT2D eigenvalue weighted by Gasteiger charge is -2.15. The number of hydrogen-bond donors (Lipinski definition) is 2. The van der Waals surface area contributed by atoms with Gasteiger partial charge >= 0.3 is 6.18 Å². The molecule has 228 valence electrons. The smallest absolute Gasteiger partial charge is 0.416 e. The summed E-state index contributed by atoms with van der Waals surface area (Å²) in [5.74, 6) is 0.0199. The molecule has 1 saturated heterocycles. The number of nitrogens with zero attached hydrogens (tertiary/aromatic N) is 3. The highest BCUT2D eigenvalue weighted by atomic mass is 35.5. The summed E-state index contributed by atoms with van der Waals surface area (Å²) < 4.78 is 44.9. The van der Waals surface area contributed by atoms with Crippen molar-refractivity contribution in [2.75, 3.05) is 36.9 Å². The topological polar surface area (TPSA) is 96.5 Å². The molecule has 0 saturated carbocycles. The van der Waals surface area contributed by atoms with Gasteiger partial charge in [-0.25, -0.2) is 9.97 Å². The molecule has 0 atom stereocenters. The minimum Gasteiger partial charge on any atom is -0.492 e. The molecule has 3 aromatic carbocycles. The number of alkyl halides is 3. The van der Waals surface area contributed by atoms with E-state index in [1.165, 1.54) is 49.5 Å². The van der Waals surface area contributed by atoms with Crippen LogP contribution in [0.25, 0.3) is 0 Å². The van der Waals surface area contributed by atoms with Crippen LogP contribution in [0.5, 0.6) is 5.75 Å². The van der Waals surface area contributed by atoms with Crippen molar-refractivity contribution in [3.05, 3.63) is 106 Å². The third-order valence-corrected chi connectivity index (χ3v) is 7.36. The molecule has 1 aliphatic heterocycles. The molecule has 12 heteroatoms.